The molecule has 0 unspecified atom stereocenters. The van der Waals surface area contributed by atoms with Gasteiger partial charge in [0, 0.05) is 12.2 Å². The van der Waals surface area contributed by atoms with E-state index in [0.29, 0.717) is 34.2 Å². The number of nitrogens with zero attached hydrogens (tertiary/aromatic N) is 2. The van der Waals surface area contributed by atoms with Gasteiger partial charge in [0.25, 0.3) is 5.56 Å². The molecule has 1 heterocycles. The third-order valence-corrected chi connectivity index (χ3v) is 5.19. The fourth-order valence-electron chi connectivity index (χ4n) is 2.70. The molecule has 0 atom stereocenters. The third kappa shape index (κ3) is 4.98. The van der Waals surface area contributed by atoms with Crippen LogP contribution in [0.3, 0.4) is 0 Å². The van der Waals surface area contributed by atoms with Crippen LogP contribution >= 0.6 is 11.8 Å². The molecule has 0 aliphatic carbocycles. The molecule has 2 aromatic carbocycles. The van der Waals surface area contributed by atoms with E-state index in [9.17, 15) is 14.0 Å². The Morgan fingerprint density at radius 1 is 1.18 bits per heavy atom. The number of para-hydroxylation sites is 1. The van der Waals surface area contributed by atoms with Gasteiger partial charge in [0.1, 0.15) is 5.82 Å². The predicted octanol–water partition coefficient (Wildman–Crippen LogP) is 4.31. The molecule has 1 aromatic heterocycles. The van der Waals surface area contributed by atoms with E-state index in [1.165, 1.54) is 36.0 Å². The second-order valence-corrected chi connectivity index (χ2v) is 7.84. The number of hydrogen-bond donors (Lipinski definition) is 1. The van der Waals surface area contributed by atoms with Crippen molar-refractivity contribution in [2.45, 2.75) is 32.0 Å². The summed E-state index contributed by atoms with van der Waals surface area (Å²) in [7, 11) is 0. The number of hydrogen-bond acceptors (Lipinski definition) is 4. The van der Waals surface area contributed by atoms with Crippen LogP contribution in [0, 0.1) is 11.7 Å². The normalized spacial score (nSPS) is 11.1. The molecule has 0 spiro atoms. The minimum atomic E-state index is -0.359. The van der Waals surface area contributed by atoms with Crippen LogP contribution in [0.15, 0.2) is 58.5 Å². The van der Waals surface area contributed by atoms with E-state index >= 15 is 0 Å². The number of amides is 1. The highest BCUT2D eigenvalue weighted by Crippen LogP contribution is 2.19. The topological polar surface area (TPSA) is 64.0 Å². The van der Waals surface area contributed by atoms with Crippen molar-refractivity contribution in [1.29, 1.82) is 0 Å². The van der Waals surface area contributed by atoms with Crippen LogP contribution in [0.1, 0.15) is 20.3 Å². The Bertz CT molecular complexity index is 1030. The van der Waals surface area contributed by atoms with Gasteiger partial charge in [-0.25, -0.2) is 9.37 Å². The number of carbonyl (C=O) groups excluding carboxylic acids is 1. The summed E-state index contributed by atoms with van der Waals surface area (Å²) in [6.07, 6.45) is 0.843. The lowest BCUT2D eigenvalue weighted by Gasteiger charge is -2.14. The van der Waals surface area contributed by atoms with Crippen LogP contribution in [-0.4, -0.2) is 21.2 Å². The molecule has 0 saturated heterocycles. The molecule has 3 rings (SSSR count). The molecular formula is C21H22FN3O2S. The van der Waals surface area contributed by atoms with Crippen molar-refractivity contribution in [3.63, 3.8) is 0 Å². The maximum atomic E-state index is 13.0. The monoisotopic (exact) mass is 399 g/mol. The molecule has 0 radical (unpaired) electrons. The Morgan fingerprint density at radius 3 is 2.61 bits per heavy atom. The van der Waals surface area contributed by atoms with Crippen molar-refractivity contribution < 1.29 is 9.18 Å². The molecule has 1 amide bonds. The van der Waals surface area contributed by atoms with Crippen LogP contribution in [0.4, 0.5) is 10.1 Å². The van der Waals surface area contributed by atoms with E-state index in [-0.39, 0.29) is 23.0 Å². The minimum absolute atomic E-state index is 0.0901. The molecule has 0 saturated carbocycles. The highest BCUT2D eigenvalue weighted by molar-refractivity contribution is 7.99. The Kier molecular flexibility index (Phi) is 6.46. The van der Waals surface area contributed by atoms with E-state index in [1.54, 1.807) is 16.7 Å². The first kappa shape index (κ1) is 20.1. The largest absolute Gasteiger partial charge is 0.325 e. The minimum Gasteiger partial charge on any atom is -0.325 e. The summed E-state index contributed by atoms with van der Waals surface area (Å²) in [5.41, 5.74) is 1.05. The lowest BCUT2D eigenvalue weighted by Crippen LogP contribution is -2.25. The van der Waals surface area contributed by atoms with Gasteiger partial charge >= 0.3 is 0 Å². The number of halogens is 1. The van der Waals surface area contributed by atoms with Crippen LogP contribution in [0.5, 0.6) is 0 Å². The van der Waals surface area contributed by atoms with Crippen molar-refractivity contribution in [2.75, 3.05) is 11.1 Å². The van der Waals surface area contributed by atoms with Gasteiger partial charge < -0.3 is 5.32 Å². The molecular weight excluding hydrogens is 377 g/mol. The first-order valence-electron chi connectivity index (χ1n) is 9.12. The van der Waals surface area contributed by atoms with Gasteiger partial charge in [-0.2, -0.15) is 0 Å². The summed E-state index contributed by atoms with van der Waals surface area (Å²) in [6, 6.07) is 12.8. The van der Waals surface area contributed by atoms with E-state index in [4.69, 9.17) is 0 Å². The van der Waals surface area contributed by atoms with Gasteiger partial charge in [0.2, 0.25) is 5.91 Å². The zero-order valence-corrected chi connectivity index (χ0v) is 16.6. The number of thioether (sulfide) groups is 1. The SMILES string of the molecule is CC(C)CCn1c(SCC(=O)Nc2ccc(F)cc2)nc2ccccc2c1=O. The summed E-state index contributed by atoms with van der Waals surface area (Å²) >= 11 is 1.22. The van der Waals surface area contributed by atoms with Gasteiger partial charge in [-0.1, -0.05) is 37.7 Å². The number of carbonyl (C=O) groups is 1. The maximum Gasteiger partial charge on any atom is 0.262 e. The first-order chi connectivity index (χ1) is 13.4. The van der Waals surface area contributed by atoms with Gasteiger partial charge in [0.05, 0.1) is 16.7 Å². The molecule has 146 valence electrons. The number of benzene rings is 2. The molecule has 1 N–H and O–H groups in total. The van der Waals surface area contributed by atoms with Crippen molar-refractivity contribution in [3.8, 4) is 0 Å². The van der Waals surface area contributed by atoms with Crippen LogP contribution in [0.2, 0.25) is 0 Å². The number of rotatable bonds is 7. The fraction of sp³-hybridized carbons (Fsp3) is 0.286. The maximum absolute atomic E-state index is 13.0. The lowest BCUT2D eigenvalue weighted by atomic mass is 10.1. The summed E-state index contributed by atoms with van der Waals surface area (Å²) in [5, 5.41) is 3.82. The Balaban J connectivity index is 1.80. The lowest BCUT2D eigenvalue weighted by molar-refractivity contribution is -0.113. The highest BCUT2D eigenvalue weighted by atomic mass is 32.2. The fourth-order valence-corrected chi connectivity index (χ4v) is 3.53. The Hall–Kier alpha value is -2.67. The van der Waals surface area contributed by atoms with E-state index in [2.05, 4.69) is 24.1 Å². The number of aromatic nitrogens is 2. The molecule has 5 nitrogen and oxygen atoms in total. The summed E-state index contributed by atoms with van der Waals surface area (Å²) in [6.45, 7) is 4.75. The Morgan fingerprint density at radius 2 is 1.89 bits per heavy atom. The zero-order chi connectivity index (χ0) is 20.1. The van der Waals surface area contributed by atoms with E-state index < -0.39 is 0 Å². The van der Waals surface area contributed by atoms with Crippen molar-refractivity contribution >= 4 is 34.3 Å². The second-order valence-electron chi connectivity index (χ2n) is 6.89. The smallest absolute Gasteiger partial charge is 0.262 e. The molecule has 28 heavy (non-hydrogen) atoms. The average Bonchev–Trinajstić information content (AvgIpc) is 2.67. The number of nitrogens with one attached hydrogen (secondary N) is 1. The van der Waals surface area contributed by atoms with Crippen molar-refractivity contribution in [2.24, 2.45) is 5.92 Å². The second kappa shape index (κ2) is 9.01. The summed E-state index contributed by atoms with van der Waals surface area (Å²) in [4.78, 5) is 29.8. The van der Waals surface area contributed by atoms with Crippen LogP contribution < -0.4 is 10.9 Å². The summed E-state index contributed by atoms with van der Waals surface area (Å²) in [5.74, 6) is -0.0570. The first-order valence-corrected chi connectivity index (χ1v) is 10.1. The number of anilines is 1. The van der Waals surface area contributed by atoms with Crippen molar-refractivity contribution in [1.82, 2.24) is 9.55 Å². The van der Waals surface area contributed by atoms with Crippen molar-refractivity contribution in [3.05, 3.63) is 64.7 Å². The number of fused-ring (bicyclic) bond motifs is 1. The highest BCUT2D eigenvalue weighted by Gasteiger charge is 2.14. The van der Waals surface area contributed by atoms with Gasteiger partial charge in [0.15, 0.2) is 5.16 Å². The molecule has 3 aromatic rings. The third-order valence-electron chi connectivity index (χ3n) is 4.22. The molecule has 0 bridgehead atoms. The standard InChI is InChI=1S/C21H22FN3O2S/c1-14(2)11-12-25-20(27)17-5-3-4-6-18(17)24-21(25)28-13-19(26)23-16-9-7-15(22)8-10-16/h3-10,14H,11-13H2,1-2H3,(H,23,26). The van der Waals surface area contributed by atoms with Gasteiger partial charge in [-0.05, 0) is 48.7 Å². The van der Waals surface area contributed by atoms with Gasteiger partial charge in [-0.15, -0.1) is 0 Å². The van der Waals surface area contributed by atoms with E-state index in [0.717, 1.165) is 6.42 Å². The molecule has 0 fully saturated rings. The average molecular weight is 399 g/mol. The predicted molar refractivity (Wildman–Crippen MR) is 111 cm³/mol. The summed E-state index contributed by atoms with van der Waals surface area (Å²) < 4.78 is 14.6. The quantitative estimate of drug-likeness (QED) is 0.475. The molecule has 0 aliphatic heterocycles. The van der Waals surface area contributed by atoms with Gasteiger partial charge in [-0.3, -0.25) is 14.2 Å². The van der Waals surface area contributed by atoms with E-state index in [1.807, 2.05) is 12.1 Å². The Labute approximate surface area is 167 Å². The van der Waals surface area contributed by atoms with Crippen LogP contribution in [0.25, 0.3) is 10.9 Å². The van der Waals surface area contributed by atoms with Crippen LogP contribution in [-0.2, 0) is 11.3 Å². The molecule has 7 heteroatoms. The zero-order valence-electron chi connectivity index (χ0n) is 15.8. The molecule has 0 aliphatic rings.